The molecule has 2 N–H and O–H groups in total. The third kappa shape index (κ3) is 3.20. The molecule has 0 saturated heterocycles. The second-order valence-electron chi connectivity index (χ2n) is 6.44. The van der Waals surface area contributed by atoms with Crippen molar-refractivity contribution in [1.29, 1.82) is 0 Å². The van der Waals surface area contributed by atoms with Crippen LogP contribution in [0, 0.1) is 0 Å². The zero-order valence-electron chi connectivity index (χ0n) is 15.3. The van der Waals surface area contributed by atoms with Crippen LogP contribution in [0.2, 0.25) is 0 Å². The van der Waals surface area contributed by atoms with Gasteiger partial charge >= 0.3 is 11.1 Å². The minimum absolute atomic E-state index is 0.249. The molecule has 0 radical (unpaired) electrons. The molecule has 0 aliphatic rings. The smallest absolute Gasteiger partial charge is 0.316 e. The second-order valence-corrected chi connectivity index (χ2v) is 6.44. The summed E-state index contributed by atoms with van der Waals surface area (Å²) in [5.41, 5.74) is 1.93. The molecule has 8 heteroatoms. The summed E-state index contributed by atoms with van der Waals surface area (Å²) < 4.78 is 3.32. The van der Waals surface area contributed by atoms with Crippen molar-refractivity contribution >= 4 is 22.6 Å². The van der Waals surface area contributed by atoms with Gasteiger partial charge in [-0.15, -0.1) is 0 Å². The number of H-pyrrole nitrogens is 1. The lowest BCUT2D eigenvalue weighted by molar-refractivity contribution is 0.0954. The normalized spacial score (nSPS) is 11.2. The number of nitrogens with zero attached hydrogens (tertiary/aromatic N) is 3. The number of nitrogens with one attached hydrogen (secondary N) is 2. The van der Waals surface area contributed by atoms with Gasteiger partial charge in [-0.1, -0.05) is 6.07 Å². The van der Waals surface area contributed by atoms with Gasteiger partial charge in [-0.2, -0.15) is 0 Å². The number of aromatic nitrogens is 4. The molecule has 0 saturated carbocycles. The van der Waals surface area contributed by atoms with Crippen molar-refractivity contribution in [3.8, 4) is 0 Å². The molecular formula is C20H19N5O3. The minimum Gasteiger partial charge on any atom is -0.352 e. The average Bonchev–Trinajstić information content (AvgIpc) is 3.11. The quantitative estimate of drug-likeness (QED) is 0.512. The molecule has 8 nitrogen and oxygen atoms in total. The maximum absolute atomic E-state index is 12.5. The van der Waals surface area contributed by atoms with Crippen LogP contribution in [-0.4, -0.2) is 31.4 Å². The fraction of sp³-hybridized carbons (Fsp3) is 0.200. The maximum atomic E-state index is 12.5. The van der Waals surface area contributed by atoms with Crippen molar-refractivity contribution in [2.24, 2.45) is 0 Å². The highest BCUT2D eigenvalue weighted by Crippen LogP contribution is 2.12. The van der Waals surface area contributed by atoms with Crippen LogP contribution in [0.1, 0.15) is 23.0 Å². The monoisotopic (exact) mass is 377 g/mol. The first-order valence-electron chi connectivity index (χ1n) is 9.04. The number of pyridine rings is 1. The zero-order valence-corrected chi connectivity index (χ0v) is 15.3. The minimum atomic E-state index is -0.696. The van der Waals surface area contributed by atoms with E-state index < -0.39 is 11.1 Å². The molecule has 3 heterocycles. The number of rotatable bonds is 5. The number of carbonyl (C=O) groups is 1. The molecule has 0 unspecified atom stereocenters. The van der Waals surface area contributed by atoms with Crippen LogP contribution >= 0.6 is 0 Å². The first-order valence-corrected chi connectivity index (χ1v) is 9.04. The molecule has 28 heavy (non-hydrogen) atoms. The van der Waals surface area contributed by atoms with Gasteiger partial charge in [-0.25, -0.2) is 4.98 Å². The van der Waals surface area contributed by atoms with E-state index in [1.54, 1.807) is 25.1 Å². The Morgan fingerprint density at radius 2 is 2.07 bits per heavy atom. The zero-order chi connectivity index (χ0) is 19.7. The standard InChI is InChI=1S/C20H19N5O3/c1-2-25-16-7-6-13(11-15(16)23-19(27)20(25)28)18(26)21-9-8-14-12-24-10-4-3-5-17(24)22-14/h3-7,10-12H,2,8-9H2,1H3,(H,21,26)(H,23,27). The van der Waals surface area contributed by atoms with Crippen molar-refractivity contribution < 1.29 is 4.79 Å². The Bertz CT molecular complexity index is 1270. The summed E-state index contributed by atoms with van der Waals surface area (Å²) in [4.78, 5) is 43.2. The summed E-state index contributed by atoms with van der Waals surface area (Å²) in [6.07, 6.45) is 4.47. The number of benzene rings is 1. The van der Waals surface area contributed by atoms with E-state index in [2.05, 4.69) is 15.3 Å². The van der Waals surface area contributed by atoms with Crippen molar-refractivity contribution in [3.05, 3.63) is 80.8 Å². The van der Waals surface area contributed by atoms with E-state index in [1.807, 2.05) is 35.0 Å². The summed E-state index contributed by atoms with van der Waals surface area (Å²) in [7, 11) is 0. The van der Waals surface area contributed by atoms with E-state index in [0.717, 1.165) is 11.3 Å². The number of imidazole rings is 1. The van der Waals surface area contributed by atoms with Crippen molar-refractivity contribution in [3.63, 3.8) is 0 Å². The van der Waals surface area contributed by atoms with E-state index in [0.29, 0.717) is 36.1 Å². The lowest BCUT2D eigenvalue weighted by Gasteiger charge is -2.09. The van der Waals surface area contributed by atoms with E-state index in [4.69, 9.17) is 0 Å². The highest BCUT2D eigenvalue weighted by Gasteiger charge is 2.11. The topological polar surface area (TPSA) is 101 Å². The summed E-state index contributed by atoms with van der Waals surface area (Å²) in [6, 6.07) is 10.7. The molecule has 3 aromatic heterocycles. The number of aryl methyl sites for hydroxylation is 1. The van der Waals surface area contributed by atoms with Gasteiger partial charge < -0.3 is 19.3 Å². The van der Waals surface area contributed by atoms with Crippen LogP contribution in [0.15, 0.2) is 58.4 Å². The predicted molar refractivity (Wildman–Crippen MR) is 106 cm³/mol. The van der Waals surface area contributed by atoms with Gasteiger partial charge in [0.15, 0.2) is 0 Å². The van der Waals surface area contributed by atoms with Gasteiger partial charge in [0.05, 0.1) is 16.7 Å². The van der Waals surface area contributed by atoms with Crippen LogP contribution in [0.5, 0.6) is 0 Å². The molecule has 1 aromatic carbocycles. The third-order valence-corrected chi connectivity index (χ3v) is 4.63. The SMILES string of the molecule is CCn1c(=O)c(=O)[nH]c2cc(C(=O)NCCc3cn4ccccc4n3)ccc21. The van der Waals surface area contributed by atoms with Crippen molar-refractivity contribution in [2.75, 3.05) is 6.54 Å². The van der Waals surface area contributed by atoms with E-state index in [-0.39, 0.29) is 5.91 Å². The van der Waals surface area contributed by atoms with Gasteiger partial charge in [-0.3, -0.25) is 14.4 Å². The van der Waals surface area contributed by atoms with Crippen LogP contribution < -0.4 is 16.4 Å². The van der Waals surface area contributed by atoms with Crippen LogP contribution in [0.3, 0.4) is 0 Å². The Morgan fingerprint density at radius 3 is 2.86 bits per heavy atom. The molecule has 0 bridgehead atoms. The molecule has 0 fully saturated rings. The number of hydrogen-bond donors (Lipinski definition) is 2. The maximum Gasteiger partial charge on any atom is 0.316 e. The Hall–Kier alpha value is -3.68. The van der Waals surface area contributed by atoms with Gasteiger partial charge in [0, 0.05) is 37.5 Å². The van der Waals surface area contributed by atoms with Crippen LogP contribution in [-0.2, 0) is 13.0 Å². The van der Waals surface area contributed by atoms with Gasteiger partial charge in [-0.05, 0) is 37.3 Å². The summed E-state index contributed by atoms with van der Waals surface area (Å²) in [5.74, 6) is -0.249. The highest BCUT2D eigenvalue weighted by molar-refractivity contribution is 5.97. The molecule has 0 aliphatic carbocycles. The molecule has 4 aromatic rings. The molecule has 0 aliphatic heterocycles. The van der Waals surface area contributed by atoms with E-state index >= 15 is 0 Å². The van der Waals surface area contributed by atoms with E-state index in [9.17, 15) is 14.4 Å². The Morgan fingerprint density at radius 1 is 1.21 bits per heavy atom. The first kappa shape index (κ1) is 17.7. The highest BCUT2D eigenvalue weighted by atomic mass is 16.2. The predicted octanol–water partition coefficient (Wildman–Crippen LogP) is 1.33. The average molecular weight is 377 g/mol. The third-order valence-electron chi connectivity index (χ3n) is 4.63. The fourth-order valence-corrected chi connectivity index (χ4v) is 3.25. The molecule has 4 rings (SSSR count). The van der Waals surface area contributed by atoms with Gasteiger partial charge in [0.25, 0.3) is 5.91 Å². The molecule has 142 valence electrons. The second kappa shape index (κ2) is 7.15. The largest absolute Gasteiger partial charge is 0.352 e. The summed E-state index contributed by atoms with van der Waals surface area (Å²) >= 11 is 0. The Labute approximate surface area is 159 Å². The lowest BCUT2D eigenvalue weighted by atomic mass is 10.1. The summed E-state index contributed by atoms with van der Waals surface area (Å²) in [6.45, 7) is 2.61. The first-order chi connectivity index (χ1) is 13.6. The summed E-state index contributed by atoms with van der Waals surface area (Å²) in [5, 5.41) is 2.86. The number of fused-ring (bicyclic) bond motifs is 2. The fourth-order valence-electron chi connectivity index (χ4n) is 3.25. The number of amides is 1. The van der Waals surface area contributed by atoms with Crippen LogP contribution in [0.4, 0.5) is 0 Å². The Balaban J connectivity index is 1.50. The van der Waals surface area contributed by atoms with Gasteiger partial charge in [0.1, 0.15) is 5.65 Å². The number of carbonyl (C=O) groups excluding carboxylic acids is 1. The van der Waals surface area contributed by atoms with Crippen molar-refractivity contribution in [1.82, 2.24) is 24.3 Å². The van der Waals surface area contributed by atoms with E-state index in [1.165, 1.54) is 4.57 Å². The Kier molecular flexibility index (Phi) is 4.52. The molecule has 0 atom stereocenters. The molecule has 0 spiro atoms. The number of aromatic amines is 1. The van der Waals surface area contributed by atoms with Gasteiger partial charge in [0.2, 0.25) is 0 Å². The number of hydrogen-bond acceptors (Lipinski definition) is 4. The van der Waals surface area contributed by atoms with Crippen molar-refractivity contribution in [2.45, 2.75) is 19.9 Å². The molecular weight excluding hydrogens is 358 g/mol. The molecule has 1 amide bonds. The van der Waals surface area contributed by atoms with Crippen LogP contribution in [0.25, 0.3) is 16.7 Å². The lowest BCUT2D eigenvalue weighted by Crippen LogP contribution is -2.36.